The molecule has 5 unspecified atom stereocenters. The van der Waals surface area contributed by atoms with E-state index < -0.39 is 92.3 Å². The van der Waals surface area contributed by atoms with E-state index in [1.807, 2.05) is 0 Å². The predicted molar refractivity (Wildman–Crippen MR) is 132 cm³/mol. The lowest BCUT2D eigenvalue weighted by molar-refractivity contribution is -0.315. The number of hydrogen-bond acceptors (Lipinski definition) is 15. The van der Waals surface area contributed by atoms with E-state index in [1.165, 1.54) is 16.8 Å². The first-order valence-corrected chi connectivity index (χ1v) is 12.6. The first-order chi connectivity index (χ1) is 19.0. The SMILES string of the molecule is Nc1nc2c(c(CN[C@H]3C=C[C@H](O)[C@@H]3O[C@@H]3OC(CO)[C@H](O)C(O)C3O)cn2[C@@H]2O[C@H](CO)C(O)C2O)c(=O)[nH]1. The Balaban J connectivity index is 1.37. The van der Waals surface area contributed by atoms with Crippen molar-refractivity contribution >= 4 is 17.0 Å². The molecule has 17 heteroatoms. The van der Waals surface area contributed by atoms with Crippen LogP contribution in [0, 0.1) is 0 Å². The number of H-pyrrole nitrogens is 1. The van der Waals surface area contributed by atoms with Gasteiger partial charge >= 0.3 is 0 Å². The quantitative estimate of drug-likeness (QED) is 0.132. The highest BCUT2D eigenvalue weighted by Gasteiger charge is 2.47. The van der Waals surface area contributed by atoms with Crippen molar-refractivity contribution in [3.05, 3.63) is 34.3 Å². The van der Waals surface area contributed by atoms with Crippen molar-refractivity contribution in [3.8, 4) is 0 Å². The van der Waals surface area contributed by atoms with Gasteiger partial charge in [0.25, 0.3) is 5.56 Å². The minimum absolute atomic E-state index is 0.0107. The topological polar surface area (TPSA) is 278 Å². The molecule has 12 N–H and O–H groups in total. The highest BCUT2D eigenvalue weighted by Crippen LogP contribution is 2.33. The number of hydrogen-bond donors (Lipinski definition) is 11. The van der Waals surface area contributed by atoms with Crippen LogP contribution in [0.5, 0.6) is 0 Å². The van der Waals surface area contributed by atoms with Gasteiger partial charge in [-0.15, -0.1) is 0 Å². The normalized spacial score (nSPS) is 39.9. The van der Waals surface area contributed by atoms with Crippen molar-refractivity contribution in [3.63, 3.8) is 0 Å². The van der Waals surface area contributed by atoms with Gasteiger partial charge in [-0.3, -0.25) is 9.78 Å². The maximum atomic E-state index is 12.8. The molecule has 0 aromatic carbocycles. The monoisotopic (exact) mass is 571 g/mol. The molecule has 0 saturated carbocycles. The van der Waals surface area contributed by atoms with E-state index in [0.29, 0.717) is 5.56 Å². The highest BCUT2D eigenvalue weighted by atomic mass is 16.7. The lowest BCUT2D eigenvalue weighted by atomic mass is 9.99. The molecule has 0 amide bonds. The Labute approximate surface area is 225 Å². The summed E-state index contributed by atoms with van der Waals surface area (Å²) in [5.41, 5.74) is 5.59. The predicted octanol–water partition coefficient (Wildman–Crippen LogP) is -5.51. The smallest absolute Gasteiger partial charge is 0.262 e. The van der Waals surface area contributed by atoms with Crippen LogP contribution in [-0.2, 0) is 20.8 Å². The average Bonchev–Trinajstić information content (AvgIpc) is 3.56. The van der Waals surface area contributed by atoms with Crippen molar-refractivity contribution in [1.82, 2.24) is 19.9 Å². The average molecular weight is 572 g/mol. The lowest BCUT2D eigenvalue weighted by Gasteiger charge is -2.41. The number of ether oxygens (including phenoxy) is 3. The van der Waals surface area contributed by atoms with Crippen LogP contribution in [0.2, 0.25) is 0 Å². The van der Waals surface area contributed by atoms with E-state index >= 15 is 0 Å². The van der Waals surface area contributed by atoms with Gasteiger partial charge in [-0.25, -0.2) is 0 Å². The molecule has 2 saturated heterocycles. The second-order valence-corrected chi connectivity index (χ2v) is 10.0. The Morgan fingerprint density at radius 2 is 1.65 bits per heavy atom. The van der Waals surface area contributed by atoms with E-state index in [0.717, 1.165) is 0 Å². The fourth-order valence-electron chi connectivity index (χ4n) is 5.26. The molecule has 0 bridgehead atoms. The molecular weight excluding hydrogens is 538 g/mol. The van der Waals surface area contributed by atoms with Crippen molar-refractivity contribution in [2.45, 2.75) is 80.0 Å². The van der Waals surface area contributed by atoms with Gasteiger partial charge in [0, 0.05) is 12.7 Å². The van der Waals surface area contributed by atoms with Gasteiger partial charge in [0.15, 0.2) is 18.2 Å². The maximum Gasteiger partial charge on any atom is 0.262 e. The van der Waals surface area contributed by atoms with Crippen molar-refractivity contribution < 1.29 is 55.1 Å². The van der Waals surface area contributed by atoms with Gasteiger partial charge in [0.1, 0.15) is 54.9 Å². The molecule has 17 nitrogen and oxygen atoms in total. The van der Waals surface area contributed by atoms with Crippen LogP contribution in [0.25, 0.3) is 11.0 Å². The summed E-state index contributed by atoms with van der Waals surface area (Å²) in [6.45, 7) is -1.21. The number of anilines is 1. The molecule has 0 radical (unpaired) electrons. The molecule has 2 aromatic rings. The van der Waals surface area contributed by atoms with Crippen molar-refractivity contribution in [2.75, 3.05) is 18.9 Å². The zero-order valence-electron chi connectivity index (χ0n) is 21.0. The summed E-state index contributed by atoms with van der Waals surface area (Å²) in [4.78, 5) is 19.4. The minimum Gasteiger partial charge on any atom is -0.394 e. The molecule has 2 aliphatic heterocycles. The molecular formula is C23H33N5O12. The van der Waals surface area contributed by atoms with Gasteiger partial charge in [-0.1, -0.05) is 12.2 Å². The summed E-state index contributed by atoms with van der Waals surface area (Å²) in [5, 5.41) is 83.7. The molecule has 3 aliphatic rings. The molecule has 4 heterocycles. The fraction of sp³-hybridized carbons (Fsp3) is 0.652. The van der Waals surface area contributed by atoms with Gasteiger partial charge in [0.05, 0.1) is 24.6 Å². The minimum atomic E-state index is -1.67. The highest BCUT2D eigenvalue weighted by molar-refractivity contribution is 5.80. The molecule has 5 rings (SSSR count). The number of nitrogens with zero attached hydrogens (tertiary/aromatic N) is 2. The van der Waals surface area contributed by atoms with Gasteiger partial charge in [-0.2, -0.15) is 4.98 Å². The van der Waals surface area contributed by atoms with Gasteiger partial charge in [0.2, 0.25) is 5.95 Å². The van der Waals surface area contributed by atoms with E-state index in [2.05, 4.69) is 15.3 Å². The third-order valence-electron chi connectivity index (χ3n) is 7.44. The van der Waals surface area contributed by atoms with Crippen LogP contribution in [0.3, 0.4) is 0 Å². The summed E-state index contributed by atoms with van der Waals surface area (Å²) in [6, 6.07) is -0.699. The van der Waals surface area contributed by atoms with E-state index in [-0.39, 0.29) is 23.5 Å². The van der Waals surface area contributed by atoms with Crippen molar-refractivity contribution in [1.29, 1.82) is 0 Å². The molecule has 222 valence electrons. The number of nitrogen functional groups attached to an aromatic ring is 1. The molecule has 2 aromatic heterocycles. The molecule has 2 fully saturated rings. The summed E-state index contributed by atoms with van der Waals surface area (Å²) >= 11 is 0. The van der Waals surface area contributed by atoms with Crippen LogP contribution < -0.4 is 16.6 Å². The molecule has 1 aliphatic carbocycles. The van der Waals surface area contributed by atoms with Crippen LogP contribution in [0.15, 0.2) is 23.1 Å². The lowest BCUT2D eigenvalue weighted by Crippen LogP contribution is -2.60. The summed E-state index contributed by atoms with van der Waals surface area (Å²) in [6.07, 6.45) is -10.4. The van der Waals surface area contributed by atoms with Gasteiger partial charge < -0.3 is 70.7 Å². The van der Waals surface area contributed by atoms with Crippen molar-refractivity contribution in [2.24, 2.45) is 0 Å². The van der Waals surface area contributed by atoms with Crippen LogP contribution >= 0.6 is 0 Å². The Morgan fingerprint density at radius 3 is 2.33 bits per heavy atom. The summed E-state index contributed by atoms with van der Waals surface area (Å²) < 4.78 is 18.1. The maximum absolute atomic E-state index is 12.8. The molecule has 12 atom stereocenters. The zero-order valence-corrected chi connectivity index (χ0v) is 21.0. The Bertz CT molecular complexity index is 1280. The largest absolute Gasteiger partial charge is 0.394 e. The third-order valence-corrected chi connectivity index (χ3v) is 7.44. The number of nitrogens with two attached hydrogens (primary N) is 1. The number of fused-ring (bicyclic) bond motifs is 1. The van der Waals surface area contributed by atoms with Gasteiger partial charge in [-0.05, 0) is 5.56 Å². The fourth-order valence-corrected chi connectivity index (χ4v) is 5.26. The first kappa shape index (κ1) is 29.0. The number of rotatable bonds is 8. The Hall–Kier alpha value is -2.52. The van der Waals surface area contributed by atoms with E-state index in [4.69, 9.17) is 19.9 Å². The van der Waals surface area contributed by atoms with Crippen LogP contribution in [0.1, 0.15) is 11.8 Å². The van der Waals surface area contributed by atoms with Crippen LogP contribution in [-0.4, -0.2) is 136 Å². The zero-order chi connectivity index (χ0) is 28.9. The van der Waals surface area contributed by atoms with E-state index in [1.54, 1.807) is 6.08 Å². The first-order valence-electron chi connectivity index (χ1n) is 12.6. The second kappa shape index (κ2) is 11.4. The Kier molecular flexibility index (Phi) is 8.26. The van der Waals surface area contributed by atoms with Crippen LogP contribution in [0.4, 0.5) is 5.95 Å². The molecule has 0 spiro atoms. The second-order valence-electron chi connectivity index (χ2n) is 10.0. The number of nitrogens with one attached hydrogen (secondary N) is 2. The summed E-state index contributed by atoms with van der Waals surface area (Å²) in [7, 11) is 0. The number of aromatic nitrogens is 3. The summed E-state index contributed by atoms with van der Waals surface area (Å²) in [5.74, 6) is -0.196. The number of aliphatic hydroxyl groups is 8. The third kappa shape index (κ3) is 5.04. The Morgan fingerprint density at radius 1 is 0.975 bits per heavy atom. The number of aliphatic hydroxyl groups excluding tert-OH is 8. The molecule has 40 heavy (non-hydrogen) atoms. The number of aromatic amines is 1. The van der Waals surface area contributed by atoms with E-state index in [9.17, 15) is 45.6 Å². The standard InChI is InChI=1S/C23H33N5O12/c24-23-26-19-12(20(37)27-23)7(4-28(19)21-16(35)14(33)10(5-29)38-21)3-25-8-1-2-9(31)18(8)40-22-17(36)15(34)13(32)11(6-30)39-22/h1-2,4,8-11,13-18,21-22,25,29-36H,3,5-6H2,(H3,24,26,27,37)/t8-,9-,10+,11?,13-,14?,15?,16?,17?,18+,21+,22-/m0/s1.